The molecule has 22 heavy (non-hydrogen) atoms. The molecule has 0 saturated carbocycles. The van der Waals surface area contributed by atoms with Gasteiger partial charge in [-0.15, -0.1) is 0 Å². The Morgan fingerprint density at radius 1 is 1.14 bits per heavy atom. The number of aliphatic hydroxyl groups excluding tert-OH is 1. The highest BCUT2D eigenvalue weighted by molar-refractivity contribution is 5.42. The van der Waals surface area contributed by atoms with Crippen LogP contribution < -0.4 is 4.74 Å². The highest BCUT2D eigenvalue weighted by Gasteiger charge is 2.11. The van der Waals surface area contributed by atoms with Crippen LogP contribution in [0.25, 0.3) is 0 Å². The van der Waals surface area contributed by atoms with Crippen LogP contribution in [0.3, 0.4) is 0 Å². The second-order valence-corrected chi connectivity index (χ2v) is 5.26. The normalized spacial score (nSPS) is 11.9. The standard InChI is InChI=1S/C18H20N2O2/c1-20(12-15-7-3-2-4-8-15)13-17(21)14-22-18-10-6-5-9-16(18)11-19/h2-10,17,21H,12-14H2,1H3. The fraction of sp³-hybridized carbons (Fsp3) is 0.278. The Hall–Kier alpha value is -2.35. The van der Waals surface area contributed by atoms with Crippen LogP contribution in [-0.4, -0.2) is 36.3 Å². The lowest BCUT2D eigenvalue weighted by Crippen LogP contribution is -2.32. The van der Waals surface area contributed by atoms with E-state index in [-0.39, 0.29) is 6.61 Å². The maximum atomic E-state index is 10.1. The topological polar surface area (TPSA) is 56.5 Å². The third-order valence-corrected chi connectivity index (χ3v) is 3.26. The monoisotopic (exact) mass is 296 g/mol. The molecule has 0 bridgehead atoms. The molecule has 4 heteroatoms. The maximum Gasteiger partial charge on any atom is 0.137 e. The highest BCUT2D eigenvalue weighted by Crippen LogP contribution is 2.16. The maximum absolute atomic E-state index is 10.1. The lowest BCUT2D eigenvalue weighted by molar-refractivity contribution is 0.0743. The first-order valence-electron chi connectivity index (χ1n) is 7.21. The molecule has 1 atom stereocenters. The number of benzene rings is 2. The SMILES string of the molecule is CN(Cc1ccccc1)CC(O)COc1ccccc1C#N. The average molecular weight is 296 g/mol. The highest BCUT2D eigenvalue weighted by atomic mass is 16.5. The van der Waals surface area contributed by atoms with Crippen molar-refractivity contribution >= 4 is 0 Å². The van der Waals surface area contributed by atoms with E-state index in [1.807, 2.05) is 36.2 Å². The summed E-state index contributed by atoms with van der Waals surface area (Å²) in [7, 11) is 1.96. The van der Waals surface area contributed by atoms with Gasteiger partial charge in [-0.3, -0.25) is 4.90 Å². The van der Waals surface area contributed by atoms with Gasteiger partial charge in [-0.1, -0.05) is 42.5 Å². The largest absolute Gasteiger partial charge is 0.489 e. The van der Waals surface area contributed by atoms with Gasteiger partial charge in [-0.05, 0) is 24.7 Å². The Labute approximate surface area is 131 Å². The summed E-state index contributed by atoms with van der Waals surface area (Å²) in [5, 5.41) is 19.1. The number of aliphatic hydroxyl groups is 1. The number of para-hydroxylation sites is 1. The molecule has 2 aromatic carbocycles. The third kappa shape index (κ3) is 4.88. The molecule has 0 aliphatic carbocycles. The molecule has 0 saturated heterocycles. The van der Waals surface area contributed by atoms with E-state index in [1.54, 1.807) is 18.2 Å². The average Bonchev–Trinajstić information content (AvgIpc) is 2.54. The van der Waals surface area contributed by atoms with Crippen LogP contribution >= 0.6 is 0 Å². The van der Waals surface area contributed by atoms with Gasteiger partial charge >= 0.3 is 0 Å². The Balaban J connectivity index is 1.80. The van der Waals surface area contributed by atoms with Crippen molar-refractivity contribution in [2.45, 2.75) is 12.6 Å². The molecule has 4 nitrogen and oxygen atoms in total. The molecule has 2 rings (SSSR count). The number of rotatable bonds is 7. The molecule has 0 aliphatic heterocycles. The van der Waals surface area contributed by atoms with Gasteiger partial charge < -0.3 is 9.84 Å². The molecule has 0 aromatic heterocycles. The fourth-order valence-corrected chi connectivity index (χ4v) is 2.24. The number of nitrogens with zero attached hydrogens (tertiary/aromatic N) is 2. The van der Waals surface area contributed by atoms with Crippen molar-refractivity contribution in [1.29, 1.82) is 5.26 Å². The van der Waals surface area contributed by atoms with Crippen molar-refractivity contribution in [2.75, 3.05) is 20.2 Å². The molecule has 0 amide bonds. The van der Waals surface area contributed by atoms with E-state index in [1.165, 1.54) is 5.56 Å². The summed E-state index contributed by atoms with van der Waals surface area (Å²) in [4.78, 5) is 2.04. The van der Waals surface area contributed by atoms with Crippen LogP contribution in [0.2, 0.25) is 0 Å². The van der Waals surface area contributed by atoms with E-state index in [0.717, 1.165) is 6.54 Å². The van der Waals surface area contributed by atoms with E-state index in [0.29, 0.717) is 17.9 Å². The predicted octanol–water partition coefficient (Wildman–Crippen LogP) is 2.43. The van der Waals surface area contributed by atoms with Crippen LogP contribution in [0.1, 0.15) is 11.1 Å². The Kier molecular flexibility index (Phi) is 5.96. The Bertz CT molecular complexity index is 622. The summed E-state index contributed by atoms with van der Waals surface area (Å²) in [6.45, 7) is 1.44. The lowest BCUT2D eigenvalue weighted by Gasteiger charge is -2.21. The lowest BCUT2D eigenvalue weighted by atomic mass is 10.2. The molecule has 0 spiro atoms. The van der Waals surface area contributed by atoms with Crippen LogP contribution in [0.5, 0.6) is 5.75 Å². The molecule has 1 N–H and O–H groups in total. The second-order valence-electron chi connectivity index (χ2n) is 5.26. The van der Waals surface area contributed by atoms with Crippen molar-refractivity contribution in [3.05, 3.63) is 65.7 Å². The molecule has 0 fully saturated rings. The fourth-order valence-electron chi connectivity index (χ4n) is 2.24. The molecule has 1 unspecified atom stereocenters. The van der Waals surface area contributed by atoms with Crippen molar-refractivity contribution in [2.24, 2.45) is 0 Å². The van der Waals surface area contributed by atoms with Crippen molar-refractivity contribution in [3.63, 3.8) is 0 Å². The van der Waals surface area contributed by atoms with Gasteiger partial charge in [0.05, 0.1) is 5.56 Å². The summed E-state index contributed by atoms with van der Waals surface area (Å²) in [5.41, 5.74) is 1.68. The van der Waals surface area contributed by atoms with E-state index < -0.39 is 6.10 Å². The van der Waals surface area contributed by atoms with E-state index in [2.05, 4.69) is 18.2 Å². The van der Waals surface area contributed by atoms with Crippen molar-refractivity contribution < 1.29 is 9.84 Å². The molecule has 0 heterocycles. The minimum Gasteiger partial charge on any atom is -0.489 e. The quantitative estimate of drug-likeness (QED) is 0.852. The summed E-state index contributed by atoms with van der Waals surface area (Å²) in [6, 6.07) is 19.2. The number of likely N-dealkylation sites (N-methyl/N-ethyl adjacent to an activating group) is 1. The van der Waals surface area contributed by atoms with Gasteiger partial charge in [0.2, 0.25) is 0 Å². The first kappa shape index (κ1) is 16.0. The van der Waals surface area contributed by atoms with Gasteiger partial charge in [0.1, 0.15) is 24.5 Å². The Morgan fingerprint density at radius 3 is 2.55 bits per heavy atom. The molecular weight excluding hydrogens is 276 g/mol. The van der Waals surface area contributed by atoms with Crippen LogP contribution in [0, 0.1) is 11.3 Å². The zero-order valence-corrected chi connectivity index (χ0v) is 12.6. The molecule has 0 radical (unpaired) electrons. The van der Waals surface area contributed by atoms with Crippen LogP contribution in [0.4, 0.5) is 0 Å². The van der Waals surface area contributed by atoms with Gasteiger partial charge in [-0.25, -0.2) is 0 Å². The first-order chi connectivity index (χ1) is 10.7. The summed E-state index contributed by atoms with van der Waals surface area (Å²) < 4.78 is 5.54. The molecule has 114 valence electrons. The minimum absolute atomic E-state index is 0.165. The smallest absolute Gasteiger partial charge is 0.137 e. The van der Waals surface area contributed by atoms with Gasteiger partial charge in [0.25, 0.3) is 0 Å². The Morgan fingerprint density at radius 2 is 1.82 bits per heavy atom. The van der Waals surface area contributed by atoms with E-state index in [4.69, 9.17) is 10.00 Å². The van der Waals surface area contributed by atoms with Gasteiger partial charge in [0, 0.05) is 13.1 Å². The zero-order valence-electron chi connectivity index (χ0n) is 12.6. The van der Waals surface area contributed by atoms with Gasteiger partial charge in [0.15, 0.2) is 0 Å². The predicted molar refractivity (Wildman–Crippen MR) is 85.4 cm³/mol. The molecular formula is C18H20N2O2. The summed E-state index contributed by atoms with van der Waals surface area (Å²) >= 11 is 0. The number of nitriles is 1. The zero-order chi connectivity index (χ0) is 15.8. The summed E-state index contributed by atoms with van der Waals surface area (Å²) in [5.74, 6) is 0.509. The number of hydrogen-bond donors (Lipinski definition) is 1. The van der Waals surface area contributed by atoms with Crippen molar-refractivity contribution in [1.82, 2.24) is 4.90 Å². The van der Waals surface area contributed by atoms with E-state index >= 15 is 0 Å². The summed E-state index contributed by atoms with van der Waals surface area (Å²) in [6.07, 6.45) is -0.611. The van der Waals surface area contributed by atoms with Crippen molar-refractivity contribution in [3.8, 4) is 11.8 Å². The second kappa shape index (κ2) is 8.18. The molecule has 2 aromatic rings. The van der Waals surface area contributed by atoms with Crippen LogP contribution in [-0.2, 0) is 6.54 Å². The number of hydrogen-bond acceptors (Lipinski definition) is 4. The first-order valence-corrected chi connectivity index (χ1v) is 7.21. The van der Waals surface area contributed by atoms with Gasteiger partial charge in [-0.2, -0.15) is 5.26 Å². The van der Waals surface area contributed by atoms with E-state index in [9.17, 15) is 5.11 Å². The minimum atomic E-state index is -0.611. The molecule has 0 aliphatic rings. The third-order valence-electron chi connectivity index (χ3n) is 3.26. The van der Waals surface area contributed by atoms with Crippen LogP contribution in [0.15, 0.2) is 54.6 Å². The number of ether oxygens (including phenoxy) is 1.